The van der Waals surface area contributed by atoms with Gasteiger partial charge in [0.15, 0.2) is 5.82 Å². The zero-order valence-electron chi connectivity index (χ0n) is 12.3. The number of pyridine rings is 1. The first kappa shape index (κ1) is 14.6. The number of thiazole rings is 1. The number of aromatic amines is 1. The molecule has 0 saturated carbocycles. The van der Waals surface area contributed by atoms with Crippen molar-refractivity contribution in [2.24, 2.45) is 0 Å². The van der Waals surface area contributed by atoms with Crippen LogP contribution in [0, 0.1) is 0 Å². The molecule has 0 aliphatic carbocycles. The highest BCUT2D eigenvalue weighted by Gasteiger charge is 2.08. The minimum absolute atomic E-state index is 0.169. The van der Waals surface area contributed by atoms with Gasteiger partial charge in [-0.05, 0) is 20.2 Å². The fourth-order valence-electron chi connectivity index (χ4n) is 2.12. The Morgan fingerprint density at radius 2 is 2.23 bits per heavy atom. The summed E-state index contributed by atoms with van der Waals surface area (Å²) in [5, 5.41) is 6.75. The van der Waals surface area contributed by atoms with Gasteiger partial charge in [0.05, 0.1) is 24.0 Å². The molecule has 0 bridgehead atoms. The molecule has 0 aromatic carbocycles. The molecule has 0 unspecified atom stereocenters. The van der Waals surface area contributed by atoms with Crippen LogP contribution in [0.3, 0.4) is 0 Å². The van der Waals surface area contributed by atoms with Gasteiger partial charge in [-0.15, -0.1) is 11.3 Å². The molecule has 0 fully saturated rings. The van der Waals surface area contributed by atoms with E-state index in [2.05, 4.69) is 35.5 Å². The highest BCUT2D eigenvalue weighted by atomic mass is 32.1. The highest BCUT2D eigenvalue weighted by Crippen LogP contribution is 2.17. The predicted octanol–water partition coefficient (Wildman–Crippen LogP) is 1.45. The number of H-pyrrole nitrogens is 1. The monoisotopic (exact) mass is 316 g/mol. The van der Waals surface area contributed by atoms with E-state index >= 15 is 0 Å². The van der Waals surface area contributed by atoms with Gasteiger partial charge in [-0.3, -0.25) is 4.79 Å². The van der Waals surface area contributed by atoms with Crippen LogP contribution in [0.4, 0.5) is 5.82 Å². The van der Waals surface area contributed by atoms with Gasteiger partial charge in [0.1, 0.15) is 10.5 Å². The predicted molar refractivity (Wildman–Crippen MR) is 87.0 cm³/mol. The normalized spacial score (nSPS) is 11.2. The number of aromatic nitrogens is 4. The van der Waals surface area contributed by atoms with E-state index in [1.807, 2.05) is 14.1 Å². The van der Waals surface area contributed by atoms with Crippen molar-refractivity contribution < 1.29 is 0 Å². The van der Waals surface area contributed by atoms with Gasteiger partial charge in [0.25, 0.3) is 5.56 Å². The van der Waals surface area contributed by atoms with Gasteiger partial charge in [-0.25, -0.2) is 15.0 Å². The minimum atomic E-state index is -0.169. The van der Waals surface area contributed by atoms with E-state index in [1.54, 1.807) is 23.6 Å². The van der Waals surface area contributed by atoms with Crippen LogP contribution in [0.15, 0.2) is 28.8 Å². The summed E-state index contributed by atoms with van der Waals surface area (Å²) in [4.78, 5) is 29.4. The Kier molecular flexibility index (Phi) is 4.12. The van der Waals surface area contributed by atoms with Crippen LogP contribution in [-0.4, -0.2) is 38.9 Å². The number of anilines is 1. The molecule has 0 aliphatic rings. The van der Waals surface area contributed by atoms with Crippen molar-refractivity contribution >= 4 is 28.1 Å². The second kappa shape index (κ2) is 6.20. The van der Waals surface area contributed by atoms with E-state index < -0.39 is 0 Å². The maximum atomic E-state index is 11.7. The Morgan fingerprint density at radius 3 is 3.05 bits per heavy atom. The summed E-state index contributed by atoms with van der Waals surface area (Å²) in [7, 11) is 4.03. The molecule has 3 aromatic heterocycles. The maximum Gasteiger partial charge on any atom is 0.258 e. The first-order valence-corrected chi connectivity index (χ1v) is 7.66. The van der Waals surface area contributed by atoms with Gasteiger partial charge >= 0.3 is 0 Å². The second-order valence-electron chi connectivity index (χ2n) is 5.11. The quantitative estimate of drug-likeness (QED) is 0.741. The van der Waals surface area contributed by atoms with Gasteiger partial charge in [-0.1, -0.05) is 0 Å². The van der Waals surface area contributed by atoms with E-state index in [1.165, 1.54) is 6.33 Å². The average Bonchev–Trinajstić information content (AvgIpc) is 2.92. The average molecular weight is 316 g/mol. The van der Waals surface area contributed by atoms with E-state index in [9.17, 15) is 4.79 Å². The molecule has 0 radical (unpaired) electrons. The molecule has 3 heterocycles. The summed E-state index contributed by atoms with van der Waals surface area (Å²) in [6.45, 7) is 1.37. The summed E-state index contributed by atoms with van der Waals surface area (Å²) in [6, 6.07) is 1.66. The smallest absolute Gasteiger partial charge is 0.258 e. The largest absolute Gasteiger partial charge is 0.362 e. The number of rotatable bonds is 5. The molecule has 0 amide bonds. The number of fused-ring (bicyclic) bond motifs is 1. The van der Waals surface area contributed by atoms with Gasteiger partial charge in [-0.2, -0.15) is 0 Å². The Hall–Kier alpha value is -2.32. The number of nitrogens with zero attached hydrogens (tertiary/aromatic N) is 4. The molecule has 3 aromatic rings. The number of nitrogens with one attached hydrogen (secondary N) is 2. The zero-order valence-corrected chi connectivity index (χ0v) is 13.1. The molecule has 8 heteroatoms. The van der Waals surface area contributed by atoms with Crippen LogP contribution in [-0.2, 0) is 13.1 Å². The molecular weight excluding hydrogens is 300 g/mol. The van der Waals surface area contributed by atoms with Crippen LogP contribution >= 0.6 is 11.3 Å². The SMILES string of the molecule is CN(C)Cc1csc(CNc2nccc3c(=O)[nH]cnc23)n1. The molecule has 2 N–H and O–H groups in total. The third-order valence-electron chi connectivity index (χ3n) is 3.04. The maximum absolute atomic E-state index is 11.7. The fraction of sp³-hybridized carbons (Fsp3) is 0.286. The van der Waals surface area contributed by atoms with Crippen LogP contribution < -0.4 is 10.9 Å². The third-order valence-corrected chi connectivity index (χ3v) is 3.94. The zero-order chi connectivity index (χ0) is 15.5. The molecule has 22 heavy (non-hydrogen) atoms. The summed E-state index contributed by atoms with van der Waals surface area (Å²) < 4.78 is 0. The summed E-state index contributed by atoms with van der Waals surface area (Å²) in [5.74, 6) is 0.591. The van der Waals surface area contributed by atoms with Gasteiger partial charge in [0, 0.05) is 18.1 Å². The van der Waals surface area contributed by atoms with Crippen LogP contribution in [0.1, 0.15) is 10.7 Å². The minimum Gasteiger partial charge on any atom is -0.362 e. The van der Waals surface area contributed by atoms with E-state index in [0.717, 1.165) is 17.2 Å². The number of hydrogen-bond acceptors (Lipinski definition) is 7. The highest BCUT2D eigenvalue weighted by molar-refractivity contribution is 7.09. The summed E-state index contributed by atoms with van der Waals surface area (Å²) >= 11 is 1.60. The van der Waals surface area contributed by atoms with Crippen molar-refractivity contribution in [3.8, 4) is 0 Å². The Labute approximate surface area is 131 Å². The Balaban J connectivity index is 1.78. The lowest BCUT2D eigenvalue weighted by Gasteiger charge is -2.06. The molecule has 114 valence electrons. The van der Waals surface area contributed by atoms with E-state index in [0.29, 0.717) is 23.3 Å². The molecule has 0 atom stereocenters. The van der Waals surface area contributed by atoms with Crippen molar-refractivity contribution in [1.82, 2.24) is 24.8 Å². The van der Waals surface area contributed by atoms with E-state index in [4.69, 9.17) is 0 Å². The lowest BCUT2D eigenvalue weighted by molar-refractivity contribution is 0.397. The van der Waals surface area contributed by atoms with Crippen molar-refractivity contribution in [2.75, 3.05) is 19.4 Å². The van der Waals surface area contributed by atoms with Crippen molar-refractivity contribution in [2.45, 2.75) is 13.1 Å². The lowest BCUT2D eigenvalue weighted by Crippen LogP contribution is -2.11. The number of hydrogen-bond donors (Lipinski definition) is 2. The molecule has 3 rings (SSSR count). The second-order valence-corrected chi connectivity index (χ2v) is 6.05. The molecular formula is C14H16N6OS. The lowest BCUT2D eigenvalue weighted by atomic mass is 10.3. The fourth-order valence-corrected chi connectivity index (χ4v) is 2.84. The van der Waals surface area contributed by atoms with Crippen LogP contribution in [0.25, 0.3) is 10.9 Å². The Morgan fingerprint density at radius 1 is 1.36 bits per heavy atom. The van der Waals surface area contributed by atoms with Crippen molar-refractivity contribution in [3.63, 3.8) is 0 Å². The van der Waals surface area contributed by atoms with Gasteiger partial charge in [0.2, 0.25) is 0 Å². The Bertz CT molecular complexity index is 840. The third kappa shape index (κ3) is 3.12. The van der Waals surface area contributed by atoms with Crippen molar-refractivity contribution in [1.29, 1.82) is 0 Å². The van der Waals surface area contributed by atoms with Crippen LogP contribution in [0.5, 0.6) is 0 Å². The molecule has 7 nitrogen and oxygen atoms in total. The summed E-state index contributed by atoms with van der Waals surface area (Å²) in [5.41, 5.74) is 1.45. The molecule has 0 saturated heterocycles. The summed E-state index contributed by atoms with van der Waals surface area (Å²) in [6.07, 6.45) is 2.98. The molecule has 0 spiro atoms. The van der Waals surface area contributed by atoms with Crippen LogP contribution in [0.2, 0.25) is 0 Å². The first-order valence-electron chi connectivity index (χ1n) is 6.78. The van der Waals surface area contributed by atoms with Gasteiger partial charge < -0.3 is 15.2 Å². The standard InChI is InChI=1S/C14H16N6OS/c1-20(2)6-9-7-22-11(19-9)5-16-13-12-10(3-4-15-13)14(21)18-8-17-12/h3-4,7-8H,5-6H2,1-2H3,(H,15,16)(H,17,18,21). The molecule has 0 aliphatic heterocycles. The van der Waals surface area contributed by atoms with E-state index in [-0.39, 0.29) is 5.56 Å². The van der Waals surface area contributed by atoms with Crippen molar-refractivity contribution in [3.05, 3.63) is 45.0 Å². The first-order chi connectivity index (χ1) is 10.6. The topological polar surface area (TPSA) is 86.8 Å².